The van der Waals surface area contributed by atoms with Crippen molar-refractivity contribution in [2.75, 3.05) is 43.4 Å². The summed E-state index contributed by atoms with van der Waals surface area (Å²) in [5.74, 6) is 1.01. The first-order valence-electron chi connectivity index (χ1n) is 10.1. The molecule has 0 atom stereocenters. The van der Waals surface area contributed by atoms with Gasteiger partial charge in [-0.15, -0.1) is 11.3 Å². The predicted molar refractivity (Wildman–Crippen MR) is 128 cm³/mol. The fourth-order valence-electron chi connectivity index (χ4n) is 3.53. The molecule has 32 heavy (non-hydrogen) atoms. The Balaban J connectivity index is 1.36. The number of rotatable bonds is 4. The predicted octanol–water partition coefficient (Wildman–Crippen LogP) is 3.81. The third-order valence-corrected chi connectivity index (χ3v) is 6.48. The maximum absolute atomic E-state index is 12.9. The van der Waals surface area contributed by atoms with Crippen molar-refractivity contribution in [3.05, 3.63) is 58.8 Å². The van der Waals surface area contributed by atoms with Gasteiger partial charge in [-0.3, -0.25) is 4.79 Å². The number of pyridine rings is 3. The highest BCUT2D eigenvalue weighted by Gasteiger charge is 2.17. The second kappa shape index (κ2) is 8.78. The topological polar surface area (TPSA) is 87.1 Å². The second-order valence-electron chi connectivity index (χ2n) is 7.58. The number of amides is 1. The van der Waals surface area contributed by atoms with Crippen molar-refractivity contribution < 1.29 is 4.79 Å². The summed E-state index contributed by atoms with van der Waals surface area (Å²) in [6.45, 7) is 3.72. The summed E-state index contributed by atoms with van der Waals surface area (Å²) in [7, 11) is 2.11. The molecule has 0 aliphatic carbocycles. The van der Waals surface area contributed by atoms with Gasteiger partial charge >= 0.3 is 0 Å². The van der Waals surface area contributed by atoms with Crippen LogP contribution in [0.5, 0.6) is 0 Å². The Bertz CT molecular complexity index is 1290. The number of aromatic nitrogens is 4. The molecule has 0 spiro atoms. The molecule has 1 aliphatic rings. The number of likely N-dealkylation sites (N-methyl/N-ethyl adjacent to an activating group) is 1. The minimum absolute atomic E-state index is 0.238. The van der Waals surface area contributed by atoms with E-state index >= 15 is 0 Å². The number of fused-ring (bicyclic) bond motifs is 1. The number of nitrogens with one attached hydrogen (secondary N) is 1. The van der Waals surface area contributed by atoms with E-state index in [2.05, 4.69) is 42.1 Å². The smallest absolute Gasteiger partial charge is 0.257 e. The van der Waals surface area contributed by atoms with E-state index < -0.39 is 0 Å². The summed E-state index contributed by atoms with van der Waals surface area (Å²) in [5.41, 5.74) is 1.98. The van der Waals surface area contributed by atoms with Crippen LogP contribution in [0.3, 0.4) is 0 Å². The Kier molecular flexibility index (Phi) is 5.69. The van der Waals surface area contributed by atoms with Gasteiger partial charge in [0.25, 0.3) is 5.91 Å². The zero-order chi connectivity index (χ0) is 22.1. The maximum atomic E-state index is 12.9. The van der Waals surface area contributed by atoms with Gasteiger partial charge in [0.2, 0.25) is 0 Å². The number of piperazine rings is 1. The summed E-state index contributed by atoms with van der Waals surface area (Å²) in [6.07, 6.45) is 4.97. The lowest BCUT2D eigenvalue weighted by atomic mass is 10.2. The molecule has 4 aromatic rings. The highest BCUT2D eigenvalue weighted by molar-refractivity contribution is 7.18. The highest BCUT2D eigenvalue weighted by atomic mass is 35.5. The van der Waals surface area contributed by atoms with Crippen molar-refractivity contribution in [1.82, 2.24) is 24.8 Å². The lowest BCUT2D eigenvalue weighted by molar-refractivity contribution is 0.102. The molecule has 0 aromatic carbocycles. The normalized spacial score (nSPS) is 14.6. The number of carbonyl (C=O) groups excluding carboxylic acids is 1. The third kappa shape index (κ3) is 4.40. The number of carbonyl (C=O) groups is 1. The van der Waals surface area contributed by atoms with E-state index in [0.29, 0.717) is 21.2 Å². The molecule has 10 heteroatoms. The summed E-state index contributed by atoms with van der Waals surface area (Å²) in [6, 6.07) is 9.10. The third-order valence-electron chi connectivity index (χ3n) is 5.35. The van der Waals surface area contributed by atoms with Gasteiger partial charge in [0.15, 0.2) is 0 Å². The van der Waals surface area contributed by atoms with E-state index in [1.165, 1.54) is 11.3 Å². The Morgan fingerprint density at radius 2 is 1.91 bits per heavy atom. The summed E-state index contributed by atoms with van der Waals surface area (Å²) in [4.78, 5) is 35.1. The Hall–Kier alpha value is -3.14. The van der Waals surface area contributed by atoms with E-state index in [1.54, 1.807) is 30.7 Å². The minimum atomic E-state index is -0.238. The molecule has 5 rings (SSSR count). The van der Waals surface area contributed by atoms with Crippen molar-refractivity contribution in [3.8, 4) is 10.7 Å². The van der Waals surface area contributed by atoms with E-state index in [9.17, 15) is 4.79 Å². The Labute approximate surface area is 193 Å². The SMILES string of the molecule is CN1CCN(c2cc(C(=O)Nc3cc4nc(-c5ncc(Cl)s5)ccc4cn3)ccn2)CC1. The lowest BCUT2D eigenvalue weighted by Gasteiger charge is -2.33. The van der Waals surface area contributed by atoms with Crippen molar-refractivity contribution >= 4 is 51.4 Å². The van der Waals surface area contributed by atoms with Gasteiger partial charge in [0.1, 0.15) is 21.0 Å². The van der Waals surface area contributed by atoms with Gasteiger partial charge in [-0.2, -0.15) is 0 Å². The Morgan fingerprint density at radius 3 is 2.69 bits per heavy atom. The molecule has 1 amide bonds. The largest absolute Gasteiger partial charge is 0.354 e. The summed E-state index contributed by atoms with van der Waals surface area (Å²) >= 11 is 7.37. The van der Waals surface area contributed by atoms with Gasteiger partial charge in [-0.05, 0) is 31.3 Å². The maximum Gasteiger partial charge on any atom is 0.257 e. The number of thiazole rings is 1. The number of halogens is 1. The molecule has 0 bridgehead atoms. The van der Waals surface area contributed by atoms with Crippen LogP contribution in [0.4, 0.5) is 11.6 Å². The average molecular weight is 466 g/mol. The molecule has 1 N–H and O–H groups in total. The fourth-order valence-corrected chi connectivity index (χ4v) is 4.42. The Morgan fingerprint density at radius 1 is 1.06 bits per heavy atom. The van der Waals surface area contributed by atoms with Gasteiger partial charge < -0.3 is 15.1 Å². The fraction of sp³-hybridized carbons (Fsp3) is 0.227. The van der Waals surface area contributed by atoms with Crippen molar-refractivity contribution in [1.29, 1.82) is 0 Å². The second-order valence-corrected chi connectivity index (χ2v) is 9.24. The zero-order valence-corrected chi connectivity index (χ0v) is 18.9. The molecule has 1 saturated heterocycles. The van der Waals surface area contributed by atoms with Crippen LogP contribution in [0.15, 0.2) is 48.9 Å². The number of nitrogens with zero attached hydrogens (tertiary/aromatic N) is 6. The molecule has 5 heterocycles. The number of hydrogen-bond donors (Lipinski definition) is 1. The minimum Gasteiger partial charge on any atom is -0.354 e. The zero-order valence-electron chi connectivity index (χ0n) is 17.3. The standard InChI is InChI=1S/C22H20ClN7OS/c1-29-6-8-30(9-7-29)20-10-14(4-5-24-20)21(31)28-19-11-17-15(12-25-19)2-3-16(27-17)22-26-13-18(23)32-22/h2-5,10-13H,6-9H2,1H3,(H,25,28,31). The van der Waals surface area contributed by atoms with E-state index in [0.717, 1.165) is 48.1 Å². The van der Waals surface area contributed by atoms with Crippen LogP contribution < -0.4 is 10.2 Å². The van der Waals surface area contributed by atoms with Crippen molar-refractivity contribution in [3.63, 3.8) is 0 Å². The van der Waals surface area contributed by atoms with Crippen LogP contribution in [0.25, 0.3) is 21.6 Å². The first-order valence-corrected chi connectivity index (χ1v) is 11.3. The van der Waals surface area contributed by atoms with E-state index in [1.807, 2.05) is 18.2 Å². The molecule has 8 nitrogen and oxygen atoms in total. The van der Waals surface area contributed by atoms with Gasteiger partial charge in [0.05, 0.1) is 17.4 Å². The van der Waals surface area contributed by atoms with Gasteiger partial charge in [0, 0.05) is 55.6 Å². The van der Waals surface area contributed by atoms with E-state index in [-0.39, 0.29) is 5.91 Å². The summed E-state index contributed by atoms with van der Waals surface area (Å²) in [5, 5.41) is 4.49. The monoisotopic (exact) mass is 465 g/mol. The van der Waals surface area contributed by atoms with Crippen LogP contribution >= 0.6 is 22.9 Å². The van der Waals surface area contributed by atoms with Crippen LogP contribution in [-0.4, -0.2) is 64.0 Å². The molecule has 162 valence electrons. The molecule has 0 saturated carbocycles. The molecule has 1 fully saturated rings. The molecular weight excluding hydrogens is 446 g/mol. The lowest BCUT2D eigenvalue weighted by Crippen LogP contribution is -2.44. The van der Waals surface area contributed by atoms with Crippen LogP contribution in [0.2, 0.25) is 4.34 Å². The highest BCUT2D eigenvalue weighted by Crippen LogP contribution is 2.28. The molecule has 4 aromatic heterocycles. The molecule has 0 unspecified atom stereocenters. The quantitative estimate of drug-likeness (QED) is 0.490. The molecular formula is C22H20ClN7OS. The molecule has 0 radical (unpaired) electrons. The first kappa shape index (κ1) is 20.7. The van der Waals surface area contributed by atoms with Crippen LogP contribution in [-0.2, 0) is 0 Å². The van der Waals surface area contributed by atoms with Gasteiger partial charge in [-0.1, -0.05) is 11.6 Å². The van der Waals surface area contributed by atoms with Crippen LogP contribution in [0.1, 0.15) is 10.4 Å². The number of anilines is 2. The average Bonchev–Trinajstić information content (AvgIpc) is 3.25. The number of hydrogen-bond acceptors (Lipinski definition) is 8. The molecule has 1 aliphatic heterocycles. The van der Waals surface area contributed by atoms with Crippen molar-refractivity contribution in [2.45, 2.75) is 0 Å². The van der Waals surface area contributed by atoms with E-state index in [4.69, 9.17) is 11.6 Å². The van der Waals surface area contributed by atoms with Crippen LogP contribution in [0, 0.1) is 0 Å². The van der Waals surface area contributed by atoms with Gasteiger partial charge in [-0.25, -0.2) is 19.9 Å². The first-order chi connectivity index (χ1) is 15.5. The van der Waals surface area contributed by atoms with Crippen molar-refractivity contribution in [2.24, 2.45) is 0 Å². The summed E-state index contributed by atoms with van der Waals surface area (Å²) < 4.78 is 0.609.